The summed E-state index contributed by atoms with van der Waals surface area (Å²) in [5, 5.41) is 8.63. The summed E-state index contributed by atoms with van der Waals surface area (Å²) in [5.74, 6) is -0.390. The summed E-state index contributed by atoms with van der Waals surface area (Å²) in [5.41, 5.74) is 1.32. The number of nitrogens with one attached hydrogen (secondary N) is 1. The SMILES string of the molecule is O=C(O)CCc1cccc(NS(=O)(=O)CC2CC2)c1. The lowest BCUT2D eigenvalue weighted by atomic mass is 10.1. The van der Waals surface area contributed by atoms with Gasteiger partial charge >= 0.3 is 5.97 Å². The molecule has 1 fully saturated rings. The van der Waals surface area contributed by atoms with E-state index in [0.717, 1.165) is 18.4 Å². The van der Waals surface area contributed by atoms with Crippen LogP contribution in [0.3, 0.4) is 0 Å². The molecule has 0 spiro atoms. The minimum Gasteiger partial charge on any atom is -0.481 e. The number of carboxylic acids is 1. The molecule has 0 aliphatic heterocycles. The molecule has 2 rings (SSSR count). The number of hydrogen-bond donors (Lipinski definition) is 2. The molecular weight excluding hydrogens is 266 g/mol. The van der Waals surface area contributed by atoms with Crippen LogP contribution in [0.25, 0.3) is 0 Å². The molecule has 0 aromatic heterocycles. The van der Waals surface area contributed by atoms with Gasteiger partial charge in [0.1, 0.15) is 0 Å². The molecule has 1 saturated carbocycles. The third-order valence-electron chi connectivity index (χ3n) is 2.98. The molecule has 6 heteroatoms. The summed E-state index contributed by atoms with van der Waals surface area (Å²) in [6.07, 6.45) is 2.41. The quantitative estimate of drug-likeness (QED) is 0.800. The number of carboxylic acid groups (broad SMARTS) is 1. The number of sulfonamides is 1. The van der Waals surface area contributed by atoms with Crippen molar-refractivity contribution in [1.29, 1.82) is 0 Å². The number of carbonyl (C=O) groups is 1. The standard InChI is InChI=1S/C13H17NO4S/c15-13(16)7-6-10-2-1-3-12(8-10)14-19(17,18)9-11-4-5-11/h1-3,8,11,14H,4-7,9H2,(H,15,16). The second kappa shape index (κ2) is 5.61. The largest absolute Gasteiger partial charge is 0.481 e. The van der Waals surface area contributed by atoms with Gasteiger partial charge in [-0.2, -0.15) is 0 Å². The first-order chi connectivity index (χ1) is 8.94. The van der Waals surface area contributed by atoms with Crippen molar-refractivity contribution in [2.24, 2.45) is 5.92 Å². The van der Waals surface area contributed by atoms with E-state index in [2.05, 4.69) is 4.72 Å². The van der Waals surface area contributed by atoms with Crippen molar-refractivity contribution in [2.45, 2.75) is 25.7 Å². The fraction of sp³-hybridized carbons (Fsp3) is 0.462. The second-order valence-corrected chi connectivity index (χ2v) is 6.69. The third-order valence-corrected chi connectivity index (χ3v) is 4.44. The van der Waals surface area contributed by atoms with E-state index in [-0.39, 0.29) is 12.2 Å². The molecule has 0 amide bonds. The van der Waals surface area contributed by atoms with Crippen molar-refractivity contribution in [2.75, 3.05) is 10.5 Å². The zero-order chi connectivity index (χ0) is 13.9. The fourth-order valence-electron chi connectivity index (χ4n) is 1.86. The molecule has 0 bridgehead atoms. The van der Waals surface area contributed by atoms with Crippen molar-refractivity contribution in [3.05, 3.63) is 29.8 Å². The fourth-order valence-corrected chi connectivity index (χ4v) is 3.38. The first-order valence-electron chi connectivity index (χ1n) is 6.26. The van der Waals surface area contributed by atoms with E-state index in [9.17, 15) is 13.2 Å². The van der Waals surface area contributed by atoms with Crippen molar-refractivity contribution < 1.29 is 18.3 Å². The highest BCUT2D eigenvalue weighted by molar-refractivity contribution is 7.92. The molecule has 1 aromatic carbocycles. The van der Waals surface area contributed by atoms with Gasteiger partial charge in [-0.1, -0.05) is 12.1 Å². The van der Waals surface area contributed by atoms with Crippen LogP contribution < -0.4 is 4.72 Å². The molecule has 1 aliphatic carbocycles. The van der Waals surface area contributed by atoms with Gasteiger partial charge in [0.15, 0.2) is 0 Å². The van der Waals surface area contributed by atoms with E-state index in [4.69, 9.17) is 5.11 Å². The zero-order valence-electron chi connectivity index (χ0n) is 10.5. The van der Waals surface area contributed by atoms with Crippen LogP contribution in [0.4, 0.5) is 5.69 Å². The zero-order valence-corrected chi connectivity index (χ0v) is 11.3. The van der Waals surface area contributed by atoms with Gasteiger partial charge in [0, 0.05) is 12.1 Å². The lowest BCUT2D eigenvalue weighted by Gasteiger charge is -2.08. The number of benzene rings is 1. The van der Waals surface area contributed by atoms with Gasteiger partial charge < -0.3 is 5.11 Å². The Morgan fingerprint density at radius 2 is 2.11 bits per heavy atom. The van der Waals surface area contributed by atoms with Crippen LogP contribution in [0.2, 0.25) is 0 Å². The van der Waals surface area contributed by atoms with Crippen LogP contribution in [-0.2, 0) is 21.2 Å². The van der Waals surface area contributed by atoms with Crippen molar-refractivity contribution >= 4 is 21.7 Å². The van der Waals surface area contributed by atoms with Gasteiger partial charge in [-0.05, 0) is 42.9 Å². The Morgan fingerprint density at radius 1 is 1.37 bits per heavy atom. The molecule has 0 saturated heterocycles. The van der Waals surface area contributed by atoms with Gasteiger partial charge in [-0.3, -0.25) is 9.52 Å². The molecule has 0 radical (unpaired) electrons. The Balaban J connectivity index is 1.99. The molecule has 0 heterocycles. The highest BCUT2D eigenvalue weighted by Gasteiger charge is 2.27. The molecule has 5 nitrogen and oxygen atoms in total. The maximum Gasteiger partial charge on any atom is 0.303 e. The normalized spacial score (nSPS) is 15.2. The van der Waals surface area contributed by atoms with Crippen LogP contribution in [0.1, 0.15) is 24.8 Å². The van der Waals surface area contributed by atoms with Crippen molar-refractivity contribution in [1.82, 2.24) is 0 Å². The van der Waals surface area contributed by atoms with Crippen LogP contribution >= 0.6 is 0 Å². The van der Waals surface area contributed by atoms with Crippen LogP contribution in [-0.4, -0.2) is 25.2 Å². The van der Waals surface area contributed by atoms with Gasteiger partial charge in [0.2, 0.25) is 10.0 Å². The van der Waals surface area contributed by atoms with Crippen LogP contribution in [0, 0.1) is 5.92 Å². The Morgan fingerprint density at radius 3 is 2.74 bits per heavy atom. The van der Waals surface area contributed by atoms with E-state index < -0.39 is 16.0 Å². The van der Waals surface area contributed by atoms with E-state index in [1.54, 1.807) is 24.3 Å². The van der Waals surface area contributed by atoms with Crippen LogP contribution in [0.5, 0.6) is 0 Å². The van der Waals surface area contributed by atoms with Gasteiger partial charge in [-0.25, -0.2) is 8.42 Å². The molecule has 0 atom stereocenters. The molecule has 104 valence electrons. The minimum atomic E-state index is -3.29. The predicted octanol–water partition coefficient (Wildman–Crippen LogP) is 1.86. The number of aliphatic carboxylic acids is 1. The molecule has 2 N–H and O–H groups in total. The molecular formula is C13H17NO4S. The second-order valence-electron chi connectivity index (χ2n) is 4.92. The monoisotopic (exact) mass is 283 g/mol. The van der Waals surface area contributed by atoms with Gasteiger partial charge in [-0.15, -0.1) is 0 Å². The summed E-state index contributed by atoms with van der Waals surface area (Å²) in [7, 11) is -3.29. The lowest BCUT2D eigenvalue weighted by Crippen LogP contribution is -2.17. The molecule has 1 aliphatic rings. The topological polar surface area (TPSA) is 83.5 Å². The number of rotatable bonds is 7. The van der Waals surface area contributed by atoms with E-state index in [1.165, 1.54) is 0 Å². The third kappa shape index (κ3) is 4.90. The minimum absolute atomic E-state index is 0.0400. The Hall–Kier alpha value is -1.56. The average Bonchev–Trinajstić information content (AvgIpc) is 3.09. The Kier molecular flexibility index (Phi) is 4.09. The predicted molar refractivity (Wildman–Crippen MR) is 72.5 cm³/mol. The first-order valence-corrected chi connectivity index (χ1v) is 7.91. The summed E-state index contributed by atoms with van der Waals surface area (Å²) >= 11 is 0. The molecule has 19 heavy (non-hydrogen) atoms. The smallest absolute Gasteiger partial charge is 0.303 e. The van der Waals surface area contributed by atoms with Gasteiger partial charge in [0.05, 0.1) is 5.75 Å². The molecule has 0 unspecified atom stereocenters. The summed E-state index contributed by atoms with van der Waals surface area (Å²) < 4.78 is 26.2. The summed E-state index contributed by atoms with van der Waals surface area (Å²) in [6.45, 7) is 0. The maximum atomic E-state index is 11.8. The Bertz CT molecular complexity index is 564. The van der Waals surface area contributed by atoms with Crippen LogP contribution in [0.15, 0.2) is 24.3 Å². The lowest BCUT2D eigenvalue weighted by molar-refractivity contribution is -0.136. The first kappa shape index (κ1) is 13.9. The van der Waals surface area contributed by atoms with Gasteiger partial charge in [0.25, 0.3) is 0 Å². The Labute approximate surface area is 112 Å². The summed E-state index contributed by atoms with van der Waals surface area (Å²) in [4.78, 5) is 10.5. The summed E-state index contributed by atoms with van der Waals surface area (Å²) in [6, 6.07) is 6.88. The van der Waals surface area contributed by atoms with Crippen molar-refractivity contribution in [3.63, 3.8) is 0 Å². The van der Waals surface area contributed by atoms with E-state index in [0.29, 0.717) is 18.0 Å². The van der Waals surface area contributed by atoms with E-state index in [1.807, 2.05) is 0 Å². The van der Waals surface area contributed by atoms with E-state index >= 15 is 0 Å². The van der Waals surface area contributed by atoms with Crippen molar-refractivity contribution in [3.8, 4) is 0 Å². The molecule has 1 aromatic rings. The highest BCUT2D eigenvalue weighted by atomic mass is 32.2. The highest BCUT2D eigenvalue weighted by Crippen LogP contribution is 2.30. The number of anilines is 1. The maximum absolute atomic E-state index is 11.8. The number of hydrogen-bond acceptors (Lipinski definition) is 3. The number of aryl methyl sites for hydroxylation is 1. The average molecular weight is 283 g/mol.